The molecule has 0 saturated carbocycles. The Hall–Kier alpha value is -1.83. The molecular formula is C16H17ClN2O4S. The number of fused-ring (bicyclic) bond motifs is 1. The lowest BCUT2D eigenvalue weighted by molar-refractivity contribution is -0.150. The van der Waals surface area contributed by atoms with Crippen molar-refractivity contribution >= 4 is 41.8 Å². The summed E-state index contributed by atoms with van der Waals surface area (Å²) in [5.41, 5.74) is 7.20. The molecule has 1 fully saturated rings. The van der Waals surface area contributed by atoms with Gasteiger partial charge in [0.25, 0.3) is 0 Å². The van der Waals surface area contributed by atoms with Crippen LogP contribution in [0.1, 0.15) is 17.3 Å². The lowest BCUT2D eigenvalue weighted by Gasteiger charge is -2.48. The Morgan fingerprint density at radius 2 is 2.00 bits per heavy atom. The first-order valence-electron chi connectivity index (χ1n) is 7.16. The van der Waals surface area contributed by atoms with E-state index >= 15 is 0 Å². The first-order chi connectivity index (χ1) is 11.0. The van der Waals surface area contributed by atoms with Gasteiger partial charge in [-0.15, -0.1) is 24.2 Å². The molecule has 1 aromatic carbocycles. The van der Waals surface area contributed by atoms with E-state index in [2.05, 4.69) is 0 Å². The van der Waals surface area contributed by atoms with E-state index in [-0.39, 0.29) is 41.8 Å². The minimum Gasteiger partial charge on any atom is -0.453 e. The number of hydrogen-bond donors (Lipinski definition) is 1. The Balaban J connectivity index is 0.00000208. The van der Waals surface area contributed by atoms with Gasteiger partial charge in [0.1, 0.15) is 17.1 Å². The number of nitrogens with two attached hydrogens (primary N) is 1. The molecule has 0 aromatic heterocycles. The average molecular weight is 369 g/mol. The average Bonchev–Trinajstić information content (AvgIpc) is 2.59. The zero-order valence-electron chi connectivity index (χ0n) is 12.9. The maximum Gasteiger partial charge on any atom is 0.355 e. The van der Waals surface area contributed by atoms with E-state index in [0.29, 0.717) is 11.3 Å². The summed E-state index contributed by atoms with van der Waals surface area (Å²) in [5, 5.41) is -0.224. The van der Waals surface area contributed by atoms with Crippen molar-refractivity contribution in [2.24, 2.45) is 5.73 Å². The molecule has 2 aliphatic heterocycles. The van der Waals surface area contributed by atoms with Gasteiger partial charge in [-0.3, -0.25) is 14.5 Å². The van der Waals surface area contributed by atoms with Crippen LogP contribution in [0.25, 0.3) is 0 Å². The number of carbonyl (C=O) groups excluding carboxylic acids is 3. The van der Waals surface area contributed by atoms with Crippen molar-refractivity contribution in [3.8, 4) is 0 Å². The van der Waals surface area contributed by atoms with Crippen LogP contribution in [0.5, 0.6) is 0 Å². The molecular weight excluding hydrogens is 352 g/mol. The van der Waals surface area contributed by atoms with Crippen molar-refractivity contribution in [3.63, 3.8) is 0 Å². The van der Waals surface area contributed by atoms with Crippen molar-refractivity contribution in [3.05, 3.63) is 47.2 Å². The van der Waals surface area contributed by atoms with Crippen LogP contribution in [0.15, 0.2) is 41.6 Å². The molecule has 0 radical (unpaired) electrons. The van der Waals surface area contributed by atoms with Gasteiger partial charge in [-0.2, -0.15) is 0 Å². The summed E-state index contributed by atoms with van der Waals surface area (Å²) < 4.78 is 5.11. The Morgan fingerprint density at radius 3 is 2.67 bits per heavy atom. The molecule has 2 N–H and O–H groups in total. The number of rotatable bonds is 4. The normalized spacial score (nSPS) is 22.2. The third kappa shape index (κ3) is 3.19. The molecule has 1 aromatic rings. The second kappa shape index (κ2) is 7.38. The molecule has 2 atom stereocenters. The van der Waals surface area contributed by atoms with Crippen molar-refractivity contribution in [2.45, 2.75) is 18.3 Å². The Morgan fingerprint density at radius 1 is 1.33 bits per heavy atom. The number of ketones is 1. The molecule has 1 saturated heterocycles. The summed E-state index contributed by atoms with van der Waals surface area (Å²) in [4.78, 5) is 37.6. The summed E-state index contributed by atoms with van der Waals surface area (Å²) in [6.07, 6.45) is 0. The van der Waals surface area contributed by atoms with Crippen LogP contribution in [-0.4, -0.2) is 46.3 Å². The quantitative estimate of drug-likeness (QED) is 0.490. The number of ether oxygens (including phenoxy) is 1. The molecule has 1 amide bonds. The lowest BCUT2D eigenvalue weighted by atomic mass is 10.0. The fraction of sp³-hybridized carbons (Fsp3) is 0.312. The number of esters is 1. The Kier molecular flexibility index (Phi) is 5.69. The number of amides is 1. The molecule has 0 bridgehead atoms. The fourth-order valence-corrected chi connectivity index (χ4v) is 3.81. The summed E-state index contributed by atoms with van der Waals surface area (Å²) in [5.74, 6) is -0.620. The number of nitrogens with zero attached hydrogens (tertiary/aromatic N) is 1. The summed E-state index contributed by atoms with van der Waals surface area (Å²) in [6.45, 7) is 1.42. The van der Waals surface area contributed by atoms with Crippen molar-refractivity contribution in [2.75, 3.05) is 12.4 Å². The highest BCUT2D eigenvalue weighted by Crippen LogP contribution is 2.39. The van der Waals surface area contributed by atoms with E-state index in [9.17, 15) is 14.4 Å². The molecule has 1 unspecified atom stereocenters. The lowest BCUT2D eigenvalue weighted by Crippen LogP contribution is -2.68. The topological polar surface area (TPSA) is 89.7 Å². The monoisotopic (exact) mass is 368 g/mol. The van der Waals surface area contributed by atoms with E-state index in [1.54, 1.807) is 37.3 Å². The van der Waals surface area contributed by atoms with Gasteiger partial charge in [0.15, 0.2) is 12.4 Å². The van der Waals surface area contributed by atoms with Crippen molar-refractivity contribution in [1.82, 2.24) is 4.90 Å². The van der Waals surface area contributed by atoms with Crippen molar-refractivity contribution in [1.29, 1.82) is 0 Å². The van der Waals surface area contributed by atoms with Crippen LogP contribution in [0, 0.1) is 0 Å². The SMILES string of the molecule is CC1=C(C(=O)OCC(=O)c2ccccc2)N2C(=O)C(N)[C@H]2SC1.Cl. The summed E-state index contributed by atoms with van der Waals surface area (Å²) in [7, 11) is 0. The molecule has 0 spiro atoms. The minimum atomic E-state index is -0.655. The third-order valence-electron chi connectivity index (χ3n) is 3.82. The standard InChI is InChI=1S/C16H16N2O4S.ClH/c1-9-8-23-15-12(17)14(20)18(15)13(9)16(21)22-7-11(19)10-5-3-2-4-6-10;/h2-6,12,15H,7-8,17H2,1H3;1H/t12?,15-;/m1./s1. The van der Waals surface area contributed by atoms with Crippen LogP contribution in [0.3, 0.4) is 0 Å². The number of carbonyl (C=O) groups is 3. The van der Waals surface area contributed by atoms with Gasteiger partial charge in [-0.1, -0.05) is 30.3 Å². The predicted octanol–water partition coefficient (Wildman–Crippen LogP) is 1.35. The van der Waals surface area contributed by atoms with E-state index in [4.69, 9.17) is 10.5 Å². The number of halogens is 1. The van der Waals surface area contributed by atoms with Gasteiger partial charge in [0.05, 0.1) is 0 Å². The van der Waals surface area contributed by atoms with Crippen LogP contribution in [0.2, 0.25) is 0 Å². The van der Waals surface area contributed by atoms with E-state index in [1.807, 2.05) is 0 Å². The molecule has 8 heteroatoms. The maximum atomic E-state index is 12.3. The van der Waals surface area contributed by atoms with Crippen LogP contribution >= 0.6 is 24.2 Å². The van der Waals surface area contributed by atoms with Gasteiger partial charge in [-0.25, -0.2) is 4.79 Å². The highest BCUT2D eigenvalue weighted by atomic mass is 35.5. The minimum absolute atomic E-state index is 0. The third-order valence-corrected chi connectivity index (χ3v) is 5.27. The summed E-state index contributed by atoms with van der Waals surface area (Å²) in [6, 6.07) is 8.02. The van der Waals surface area contributed by atoms with Gasteiger partial charge >= 0.3 is 5.97 Å². The number of benzene rings is 1. The number of hydrogen-bond acceptors (Lipinski definition) is 6. The van der Waals surface area contributed by atoms with E-state index < -0.39 is 12.0 Å². The zero-order chi connectivity index (χ0) is 16.6. The summed E-state index contributed by atoms with van der Waals surface area (Å²) >= 11 is 1.52. The van der Waals surface area contributed by atoms with Crippen LogP contribution < -0.4 is 5.73 Å². The maximum absolute atomic E-state index is 12.3. The van der Waals surface area contributed by atoms with Gasteiger partial charge in [-0.05, 0) is 12.5 Å². The highest BCUT2D eigenvalue weighted by molar-refractivity contribution is 8.00. The Bertz CT molecular complexity index is 707. The zero-order valence-corrected chi connectivity index (χ0v) is 14.6. The van der Waals surface area contributed by atoms with Gasteiger partial charge in [0.2, 0.25) is 5.91 Å². The van der Waals surface area contributed by atoms with Crippen LogP contribution in [0.4, 0.5) is 0 Å². The Labute approximate surface area is 149 Å². The smallest absolute Gasteiger partial charge is 0.355 e. The predicted molar refractivity (Wildman–Crippen MR) is 92.7 cm³/mol. The number of β-lactam (4-membered cyclic amide) rings is 1. The van der Waals surface area contributed by atoms with Gasteiger partial charge < -0.3 is 10.5 Å². The molecule has 6 nitrogen and oxygen atoms in total. The second-order valence-electron chi connectivity index (χ2n) is 5.43. The van der Waals surface area contributed by atoms with Gasteiger partial charge in [0, 0.05) is 11.3 Å². The highest BCUT2D eigenvalue weighted by Gasteiger charge is 2.51. The number of Topliss-reactive ketones (excluding diaryl/α,β-unsaturated/α-hetero) is 1. The first-order valence-corrected chi connectivity index (χ1v) is 8.21. The van der Waals surface area contributed by atoms with Crippen LogP contribution in [-0.2, 0) is 14.3 Å². The van der Waals surface area contributed by atoms with Crippen molar-refractivity contribution < 1.29 is 19.1 Å². The molecule has 2 aliphatic rings. The van der Waals surface area contributed by atoms with E-state index in [1.165, 1.54) is 16.7 Å². The molecule has 0 aliphatic carbocycles. The number of thioether (sulfide) groups is 1. The molecule has 128 valence electrons. The second-order valence-corrected chi connectivity index (χ2v) is 6.53. The fourth-order valence-electron chi connectivity index (χ4n) is 2.57. The van der Waals surface area contributed by atoms with E-state index in [0.717, 1.165) is 5.57 Å². The first kappa shape index (κ1) is 18.5. The molecule has 2 heterocycles. The molecule has 3 rings (SSSR count). The molecule has 24 heavy (non-hydrogen) atoms. The largest absolute Gasteiger partial charge is 0.453 e.